The molecule has 0 aromatic heterocycles. The summed E-state index contributed by atoms with van der Waals surface area (Å²) in [6, 6.07) is 0. The smallest absolute Gasteiger partial charge is 0.0958 e. The molecule has 1 nitrogen and oxygen atoms in total. The Morgan fingerprint density at radius 2 is 1.91 bits per heavy atom. The quantitative estimate of drug-likeness (QED) is 0.609. The molecular weight excluding hydrogens is 141 g/mol. The van der Waals surface area contributed by atoms with Gasteiger partial charge >= 0.3 is 0 Å². The van der Waals surface area contributed by atoms with Crippen LogP contribution in [-0.4, -0.2) is 25.0 Å². The maximum Gasteiger partial charge on any atom is 0.0958 e. The molecule has 0 N–H and O–H groups in total. The van der Waals surface area contributed by atoms with Crippen molar-refractivity contribution < 1.29 is 4.39 Å². The molecular formula is C9H18FN. The van der Waals surface area contributed by atoms with Crippen LogP contribution in [-0.2, 0) is 0 Å². The molecule has 11 heavy (non-hydrogen) atoms. The molecule has 0 fully saturated rings. The van der Waals surface area contributed by atoms with Crippen molar-refractivity contribution in [3.63, 3.8) is 0 Å². The first kappa shape index (κ1) is 10.6. The van der Waals surface area contributed by atoms with E-state index in [0.717, 1.165) is 25.1 Å². The minimum atomic E-state index is -0.0329. The molecule has 0 rings (SSSR count). The van der Waals surface area contributed by atoms with Crippen LogP contribution >= 0.6 is 0 Å². The van der Waals surface area contributed by atoms with Gasteiger partial charge in [-0.15, -0.1) is 0 Å². The summed E-state index contributed by atoms with van der Waals surface area (Å²) in [7, 11) is 2.04. The Hall–Kier alpha value is -0.370. The predicted molar refractivity (Wildman–Crippen MR) is 47.3 cm³/mol. The van der Waals surface area contributed by atoms with E-state index in [1.54, 1.807) is 0 Å². The third-order valence-electron chi connectivity index (χ3n) is 2.00. The monoisotopic (exact) mass is 159 g/mol. The Morgan fingerprint density at radius 3 is 2.27 bits per heavy atom. The molecule has 0 radical (unpaired) electrons. The minimum Gasteiger partial charge on any atom is -0.306 e. The third-order valence-corrected chi connectivity index (χ3v) is 2.00. The van der Waals surface area contributed by atoms with Crippen LogP contribution in [0.25, 0.3) is 0 Å². The first-order valence-electron chi connectivity index (χ1n) is 4.08. The van der Waals surface area contributed by atoms with Crippen molar-refractivity contribution in [3.8, 4) is 0 Å². The van der Waals surface area contributed by atoms with Crippen LogP contribution < -0.4 is 0 Å². The van der Waals surface area contributed by atoms with Gasteiger partial charge in [-0.2, -0.15) is 0 Å². The maximum atomic E-state index is 12.5. The van der Waals surface area contributed by atoms with Gasteiger partial charge in [0.25, 0.3) is 0 Å². The molecule has 0 heterocycles. The molecule has 0 saturated heterocycles. The van der Waals surface area contributed by atoms with Gasteiger partial charge in [0.1, 0.15) is 0 Å². The van der Waals surface area contributed by atoms with Gasteiger partial charge in [-0.3, -0.25) is 0 Å². The molecule has 0 atom stereocenters. The summed E-state index contributed by atoms with van der Waals surface area (Å²) in [4.78, 5) is 2.17. The lowest BCUT2D eigenvalue weighted by atomic mass is 10.2. The van der Waals surface area contributed by atoms with Crippen molar-refractivity contribution in [1.29, 1.82) is 0 Å². The fourth-order valence-electron chi connectivity index (χ4n) is 0.689. The molecule has 0 aromatic carbocycles. The molecule has 66 valence electrons. The Bertz CT molecular complexity index is 136. The fraction of sp³-hybridized carbons (Fsp3) is 0.778. The zero-order valence-electron chi connectivity index (χ0n) is 7.95. The topological polar surface area (TPSA) is 3.24 Å². The van der Waals surface area contributed by atoms with Crippen LogP contribution in [0.3, 0.4) is 0 Å². The van der Waals surface area contributed by atoms with Gasteiger partial charge < -0.3 is 4.90 Å². The number of halogens is 1. The van der Waals surface area contributed by atoms with E-state index in [4.69, 9.17) is 0 Å². The molecule has 2 heteroatoms. The molecule has 0 spiro atoms. The summed E-state index contributed by atoms with van der Waals surface area (Å²) in [6.07, 6.45) is 0.840. The van der Waals surface area contributed by atoms with Crippen LogP contribution in [0.1, 0.15) is 27.2 Å². The second-order valence-corrected chi connectivity index (χ2v) is 2.96. The van der Waals surface area contributed by atoms with Gasteiger partial charge in [0.15, 0.2) is 0 Å². The standard InChI is InChI=1S/C9H18FN/c1-5-11(4)7-6-8(2)9(3)10/h5-7H2,1-4H3/b9-8+. The first-order valence-corrected chi connectivity index (χ1v) is 4.08. The number of allylic oxidation sites excluding steroid dienone is 1. The van der Waals surface area contributed by atoms with Crippen molar-refractivity contribution in [3.05, 3.63) is 11.4 Å². The van der Waals surface area contributed by atoms with Crippen molar-refractivity contribution >= 4 is 0 Å². The van der Waals surface area contributed by atoms with E-state index < -0.39 is 0 Å². The van der Waals surface area contributed by atoms with Gasteiger partial charge in [0, 0.05) is 6.54 Å². The van der Waals surface area contributed by atoms with Gasteiger partial charge in [-0.05, 0) is 39.4 Å². The second kappa shape index (κ2) is 5.30. The van der Waals surface area contributed by atoms with Gasteiger partial charge in [-0.1, -0.05) is 6.92 Å². The van der Waals surface area contributed by atoms with Crippen molar-refractivity contribution in [2.24, 2.45) is 0 Å². The molecule has 0 aliphatic heterocycles. The molecule has 0 unspecified atom stereocenters. The zero-order chi connectivity index (χ0) is 8.85. The van der Waals surface area contributed by atoms with Crippen LogP contribution in [0.2, 0.25) is 0 Å². The summed E-state index contributed by atoms with van der Waals surface area (Å²) in [6.45, 7) is 7.43. The highest BCUT2D eigenvalue weighted by Gasteiger charge is 1.98. The number of hydrogen-bond acceptors (Lipinski definition) is 1. The van der Waals surface area contributed by atoms with Crippen molar-refractivity contribution in [2.75, 3.05) is 20.1 Å². The minimum absolute atomic E-state index is 0.0329. The number of rotatable bonds is 4. The van der Waals surface area contributed by atoms with E-state index in [2.05, 4.69) is 11.8 Å². The molecule has 0 saturated carbocycles. The SMILES string of the molecule is CCN(C)CC/C(C)=C(\C)F. The van der Waals surface area contributed by atoms with Crippen molar-refractivity contribution in [1.82, 2.24) is 4.90 Å². The van der Waals surface area contributed by atoms with E-state index in [9.17, 15) is 4.39 Å². The fourth-order valence-corrected chi connectivity index (χ4v) is 0.689. The van der Waals surface area contributed by atoms with E-state index in [1.165, 1.54) is 6.92 Å². The van der Waals surface area contributed by atoms with Gasteiger partial charge in [0.2, 0.25) is 0 Å². The Morgan fingerprint density at radius 1 is 1.36 bits per heavy atom. The van der Waals surface area contributed by atoms with Crippen LogP contribution in [0, 0.1) is 0 Å². The van der Waals surface area contributed by atoms with Gasteiger partial charge in [-0.25, -0.2) is 4.39 Å². The molecule has 0 bridgehead atoms. The normalized spacial score (nSPS) is 13.6. The highest BCUT2D eigenvalue weighted by atomic mass is 19.1. The summed E-state index contributed by atoms with van der Waals surface area (Å²) < 4.78 is 12.5. The second-order valence-electron chi connectivity index (χ2n) is 2.96. The lowest BCUT2D eigenvalue weighted by molar-refractivity contribution is 0.355. The molecule has 0 aromatic rings. The number of hydrogen-bond donors (Lipinski definition) is 0. The largest absolute Gasteiger partial charge is 0.306 e. The summed E-state index contributed by atoms with van der Waals surface area (Å²) in [5, 5.41) is 0. The molecule has 0 amide bonds. The van der Waals surface area contributed by atoms with E-state index in [1.807, 2.05) is 14.0 Å². The lowest BCUT2D eigenvalue weighted by Gasteiger charge is -2.13. The average Bonchev–Trinajstić information content (AvgIpc) is 1.99. The van der Waals surface area contributed by atoms with E-state index in [0.29, 0.717) is 0 Å². The highest BCUT2D eigenvalue weighted by Crippen LogP contribution is 2.08. The summed E-state index contributed by atoms with van der Waals surface area (Å²) >= 11 is 0. The molecule has 0 aliphatic carbocycles. The Kier molecular flexibility index (Phi) is 5.12. The summed E-state index contributed by atoms with van der Waals surface area (Å²) in [5.74, 6) is -0.0329. The maximum absolute atomic E-state index is 12.5. The first-order chi connectivity index (χ1) is 5.07. The van der Waals surface area contributed by atoms with E-state index >= 15 is 0 Å². The third kappa shape index (κ3) is 4.96. The lowest BCUT2D eigenvalue weighted by Crippen LogP contribution is -2.18. The summed E-state index contributed by atoms with van der Waals surface area (Å²) in [5.41, 5.74) is 0.866. The number of nitrogens with zero attached hydrogens (tertiary/aromatic N) is 1. The van der Waals surface area contributed by atoms with Crippen LogP contribution in [0.5, 0.6) is 0 Å². The van der Waals surface area contributed by atoms with E-state index in [-0.39, 0.29) is 5.83 Å². The van der Waals surface area contributed by atoms with Crippen molar-refractivity contribution in [2.45, 2.75) is 27.2 Å². The van der Waals surface area contributed by atoms with Crippen LogP contribution in [0.15, 0.2) is 11.4 Å². The Balaban J connectivity index is 3.63. The average molecular weight is 159 g/mol. The predicted octanol–water partition coefficient (Wildman–Crippen LogP) is 2.59. The molecule has 0 aliphatic rings. The highest BCUT2D eigenvalue weighted by molar-refractivity contribution is 5.02. The zero-order valence-corrected chi connectivity index (χ0v) is 7.95. The van der Waals surface area contributed by atoms with Gasteiger partial charge in [0.05, 0.1) is 5.83 Å². The van der Waals surface area contributed by atoms with Crippen LogP contribution in [0.4, 0.5) is 4.39 Å². The Labute approximate surface area is 68.9 Å².